The van der Waals surface area contributed by atoms with Crippen molar-refractivity contribution in [3.63, 3.8) is 0 Å². The first-order valence-corrected chi connectivity index (χ1v) is 9.10. The van der Waals surface area contributed by atoms with Gasteiger partial charge in [0.1, 0.15) is 10.7 Å². The molecule has 0 aliphatic carbocycles. The minimum Gasteiger partial charge on any atom is -0.465 e. The lowest BCUT2D eigenvalue weighted by Crippen LogP contribution is -2.34. The Hall–Kier alpha value is -2.61. The third kappa shape index (κ3) is 2.72. The van der Waals surface area contributed by atoms with Crippen LogP contribution in [0.5, 0.6) is 5.75 Å². The van der Waals surface area contributed by atoms with Gasteiger partial charge in [-0.1, -0.05) is 26.0 Å². The molecule has 2 aromatic rings. The maximum absolute atomic E-state index is 12.7. The van der Waals surface area contributed by atoms with E-state index in [9.17, 15) is 18.0 Å². The zero-order valence-electron chi connectivity index (χ0n) is 14.0. The minimum absolute atomic E-state index is 0.0154. The number of nitrogens with zero attached hydrogens (tertiary/aromatic N) is 1. The highest BCUT2D eigenvalue weighted by Gasteiger charge is 2.43. The molecule has 25 heavy (non-hydrogen) atoms. The summed E-state index contributed by atoms with van der Waals surface area (Å²) in [6.07, 6.45) is 1.22. The van der Waals surface area contributed by atoms with Crippen LogP contribution in [0.3, 0.4) is 0 Å². The summed E-state index contributed by atoms with van der Waals surface area (Å²) in [5, 5.41) is 0. The van der Waals surface area contributed by atoms with Crippen molar-refractivity contribution >= 4 is 15.9 Å². The van der Waals surface area contributed by atoms with Gasteiger partial charge >= 0.3 is 0 Å². The van der Waals surface area contributed by atoms with E-state index in [0.29, 0.717) is 9.87 Å². The Kier molecular flexibility index (Phi) is 4.16. The molecule has 3 rings (SSSR count). The molecule has 0 fully saturated rings. The van der Waals surface area contributed by atoms with Crippen molar-refractivity contribution in [2.75, 3.05) is 6.73 Å². The molecule has 0 bridgehead atoms. The molecule has 0 saturated carbocycles. The molecule has 8 heteroatoms. The van der Waals surface area contributed by atoms with Crippen molar-refractivity contribution < 1.29 is 22.4 Å². The van der Waals surface area contributed by atoms with E-state index in [2.05, 4.69) is 0 Å². The Morgan fingerprint density at radius 3 is 2.56 bits per heavy atom. The molecule has 1 aliphatic rings. The lowest BCUT2D eigenvalue weighted by atomic mass is 9.97. The normalized spacial score (nSPS) is 15.5. The number of sulfonamides is 1. The largest absolute Gasteiger partial charge is 0.465 e. The third-order valence-corrected chi connectivity index (χ3v) is 5.77. The maximum atomic E-state index is 12.7. The minimum atomic E-state index is -4.02. The Bertz CT molecular complexity index is 1010. The molecule has 0 saturated heterocycles. The molecule has 2 heterocycles. The van der Waals surface area contributed by atoms with Gasteiger partial charge in [-0.25, -0.2) is 8.42 Å². The van der Waals surface area contributed by atoms with Crippen molar-refractivity contribution in [3.8, 4) is 5.75 Å². The summed E-state index contributed by atoms with van der Waals surface area (Å²) in [6, 6.07) is 5.90. The second-order valence-corrected chi connectivity index (χ2v) is 7.81. The van der Waals surface area contributed by atoms with Crippen LogP contribution in [0.1, 0.15) is 41.4 Å². The number of carbonyl (C=O) groups is 1. The Morgan fingerprint density at radius 1 is 1.20 bits per heavy atom. The average Bonchev–Trinajstić information content (AvgIpc) is 2.74. The van der Waals surface area contributed by atoms with Gasteiger partial charge in [0.15, 0.2) is 6.73 Å². The van der Waals surface area contributed by atoms with E-state index >= 15 is 0 Å². The topological polar surface area (TPSA) is 93.9 Å². The van der Waals surface area contributed by atoms with Gasteiger partial charge in [0.25, 0.3) is 15.9 Å². The first-order valence-electron chi connectivity index (χ1n) is 7.66. The van der Waals surface area contributed by atoms with Crippen molar-refractivity contribution in [1.29, 1.82) is 0 Å². The van der Waals surface area contributed by atoms with Crippen molar-refractivity contribution in [2.24, 2.45) is 0 Å². The molecular weight excluding hydrogens is 346 g/mol. The van der Waals surface area contributed by atoms with Crippen molar-refractivity contribution in [3.05, 3.63) is 57.6 Å². The van der Waals surface area contributed by atoms with Crippen LogP contribution in [-0.4, -0.2) is 25.4 Å². The van der Waals surface area contributed by atoms with Gasteiger partial charge in [-0.05, 0) is 24.5 Å². The highest BCUT2D eigenvalue weighted by Crippen LogP contribution is 2.35. The zero-order valence-corrected chi connectivity index (χ0v) is 14.8. The highest BCUT2D eigenvalue weighted by molar-refractivity contribution is 7.90. The number of ether oxygens (including phenoxy) is 1. The van der Waals surface area contributed by atoms with E-state index in [4.69, 9.17) is 9.15 Å². The van der Waals surface area contributed by atoms with E-state index < -0.39 is 28.1 Å². The van der Waals surface area contributed by atoms with Crippen LogP contribution in [0.4, 0.5) is 0 Å². The molecule has 0 N–H and O–H groups in total. The van der Waals surface area contributed by atoms with E-state index in [1.807, 2.05) is 13.8 Å². The molecule has 1 aromatic heterocycles. The lowest BCUT2D eigenvalue weighted by Gasteiger charge is -2.16. The fourth-order valence-electron chi connectivity index (χ4n) is 2.75. The molecule has 0 atom stereocenters. The fraction of sp³-hybridized carbons (Fsp3) is 0.294. The van der Waals surface area contributed by atoms with Crippen LogP contribution in [0.15, 0.2) is 44.6 Å². The highest BCUT2D eigenvalue weighted by atomic mass is 32.2. The van der Waals surface area contributed by atoms with Gasteiger partial charge in [0.2, 0.25) is 11.2 Å². The number of carbonyl (C=O) groups excluding carboxylic acids is 1. The molecule has 0 radical (unpaired) electrons. The van der Waals surface area contributed by atoms with Crippen LogP contribution in [0.25, 0.3) is 0 Å². The van der Waals surface area contributed by atoms with Gasteiger partial charge in [0.05, 0.1) is 11.8 Å². The monoisotopic (exact) mass is 363 g/mol. The number of benzene rings is 1. The van der Waals surface area contributed by atoms with Gasteiger partial charge in [-0.3, -0.25) is 9.59 Å². The van der Waals surface area contributed by atoms with Gasteiger partial charge in [-0.2, -0.15) is 4.31 Å². The number of rotatable bonds is 4. The van der Waals surface area contributed by atoms with Gasteiger partial charge in [-0.15, -0.1) is 0 Å². The van der Waals surface area contributed by atoms with Gasteiger partial charge in [0, 0.05) is 6.07 Å². The van der Waals surface area contributed by atoms with Crippen LogP contribution in [0, 0.1) is 6.92 Å². The first-order chi connectivity index (χ1) is 11.7. The summed E-state index contributed by atoms with van der Waals surface area (Å²) in [5.41, 5.74) is 0.370. The molecule has 0 unspecified atom stereocenters. The SMILES string of the molecule is Cc1occc(=O)c1OCN1C(=O)c2c(C(C)C)cccc2S1(=O)=O. The van der Waals surface area contributed by atoms with E-state index in [1.54, 1.807) is 12.1 Å². The zero-order chi connectivity index (χ0) is 18.4. The van der Waals surface area contributed by atoms with Crippen molar-refractivity contribution in [2.45, 2.75) is 31.6 Å². The smallest absolute Gasteiger partial charge is 0.272 e. The predicted molar refractivity (Wildman–Crippen MR) is 89.1 cm³/mol. The summed E-state index contributed by atoms with van der Waals surface area (Å²) in [7, 11) is -4.02. The third-order valence-electron chi connectivity index (χ3n) is 4.02. The van der Waals surface area contributed by atoms with Gasteiger partial charge < -0.3 is 9.15 Å². The van der Waals surface area contributed by atoms with E-state index in [0.717, 1.165) is 6.07 Å². The standard InChI is InChI=1S/C17H17NO6S/c1-10(2)12-5-4-6-14-15(12)17(20)18(25(14,21)22)9-24-16-11(3)23-8-7-13(16)19/h4-8,10H,9H2,1-3H3. The van der Waals surface area contributed by atoms with Crippen LogP contribution in [-0.2, 0) is 10.0 Å². The second kappa shape index (κ2) is 6.03. The molecular formula is C17H17NO6S. The summed E-state index contributed by atoms with van der Waals surface area (Å²) in [4.78, 5) is 24.5. The number of fused-ring (bicyclic) bond motifs is 1. The molecule has 1 amide bonds. The Balaban J connectivity index is 1.98. The number of amides is 1. The summed E-state index contributed by atoms with van der Waals surface area (Å²) in [6.45, 7) is 4.69. The first kappa shape index (κ1) is 17.2. The second-order valence-electron chi connectivity index (χ2n) is 5.98. The Labute approximate surface area is 144 Å². The molecule has 1 aromatic carbocycles. The average molecular weight is 363 g/mol. The van der Waals surface area contributed by atoms with Crippen LogP contribution < -0.4 is 10.2 Å². The fourth-order valence-corrected chi connectivity index (χ4v) is 4.20. The number of hydrogen-bond donors (Lipinski definition) is 0. The molecule has 0 spiro atoms. The van der Waals surface area contributed by atoms with Crippen molar-refractivity contribution in [1.82, 2.24) is 4.31 Å². The summed E-state index contributed by atoms with van der Waals surface area (Å²) >= 11 is 0. The maximum Gasteiger partial charge on any atom is 0.272 e. The molecule has 132 valence electrons. The van der Waals surface area contributed by atoms with E-state index in [-0.39, 0.29) is 27.9 Å². The summed E-state index contributed by atoms with van der Waals surface area (Å²) < 4.78 is 36.4. The van der Waals surface area contributed by atoms with Crippen LogP contribution >= 0.6 is 0 Å². The predicted octanol–water partition coefficient (Wildman–Crippen LogP) is 2.25. The lowest BCUT2D eigenvalue weighted by molar-refractivity contribution is 0.0784. The number of hydrogen-bond acceptors (Lipinski definition) is 6. The number of aryl methyl sites for hydroxylation is 1. The molecule has 1 aliphatic heterocycles. The van der Waals surface area contributed by atoms with Crippen LogP contribution in [0.2, 0.25) is 0 Å². The van der Waals surface area contributed by atoms with E-state index in [1.165, 1.54) is 19.3 Å². The Morgan fingerprint density at radius 2 is 1.92 bits per heavy atom. The molecule has 7 nitrogen and oxygen atoms in total. The summed E-state index contributed by atoms with van der Waals surface area (Å²) in [5.74, 6) is -0.585. The quantitative estimate of drug-likeness (QED) is 0.827.